The fraction of sp³-hybridized carbons (Fsp3) is 0.516. The van der Waals surface area contributed by atoms with E-state index in [4.69, 9.17) is 14.2 Å². The van der Waals surface area contributed by atoms with E-state index in [2.05, 4.69) is 179 Å². The Morgan fingerprint density at radius 1 is 0.314 bits per heavy atom. The highest BCUT2D eigenvalue weighted by Crippen LogP contribution is 2.10. The van der Waals surface area contributed by atoms with Gasteiger partial charge in [-0.15, -0.1) is 0 Å². The molecule has 0 aliphatic rings. The molecule has 70 heavy (non-hydrogen) atoms. The number of ether oxygens (including phenoxy) is 3. The summed E-state index contributed by atoms with van der Waals surface area (Å²) in [6, 6.07) is 0. The van der Waals surface area contributed by atoms with Crippen molar-refractivity contribution in [3.05, 3.63) is 170 Å². The summed E-state index contributed by atoms with van der Waals surface area (Å²) in [7, 11) is 0. The Kier molecular flexibility index (Phi) is 52.1. The van der Waals surface area contributed by atoms with Gasteiger partial charge in [0.05, 0.1) is 6.42 Å². The lowest BCUT2D eigenvalue weighted by molar-refractivity contribution is -0.166. The number of hydrogen-bond acceptors (Lipinski definition) is 6. The molecule has 0 aromatic rings. The molecule has 0 fully saturated rings. The monoisotopic (exact) mass is 961 g/mol. The molecule has 1 atom stereocenters. The largest absolute Gasteiger partial charge is 0.462 e. The Bertz CT molecular complexity index is 1670. The van der Waals surface area contributed by atoms with E-state index in [0.717, 1.165) is 128 Å². The zero-order valence-electron chi connectivity index (χ0n) is 44.2. The second-order valence-corrected chi connectivity index (χ2v) is 17.0. The van der Waals surface area contributed by atoms with Gasteiger partial charge in [-0.25, -0.2) is 0 Å². The second-order valence-electron chi connectivity index (χ2n) is 17.0. The smallest absolute Gasteiger partial charge is 0.310 e. The number of unbranched alkanes of at least 4 members (excludes halogenated alkanes) is 8. The van der Waals surface area contributed by atoms with E-state index < -0.39 is 12.1 Å². The molecule has 0 saturated carbocycles. The number of esters is 3. The van der Waals surface area contributed by atoms with E-state index in [1.807, 2.05) is 6.08 Å². The second kappa shape index (κ2) is 56.4. The Morgan fingerprint density at radius 3 is 0.943 bits per heavy atom. The van der Waals surface area contributed by atoms with Crippen LogP contribution in [0.1, 0.15) is 194 Å². The van der Waals surface area contributed by atoms with Crippen LogP contribution in [0.5, 0.6) is 0 Å². The van der Waals surface area contributed by atoms with Crippen molar-refractivity contribution in [1.29, 1.82) is 0 Å². The molecular weight excluding hydrogens is 865 g/mol. The van der Waals surface area contributed by atoms with Crippen LogP contribution >= 0.6 is 0 Å². The Morgan fingerprint density at radius 2 is 0.600 bits per heavy atom. The Hall–Kier alpha value is -5.23. The van der Waals surface area contributed by atoms with Crippen molar-refractivity contribution in [3.63, 3.8) is 0 Å². The molecule has 0 amide bonds. The Balaban J connectivity index is 4.33. The summed E-state index contributed by atoms with van der Waals surface area (Å²) in [4.78, 5) is 37.7. The van der Waals surface area contributed by atoms with Crippen LogP contribution in [-0.2, 0) is 28.6 Å². The fourth-order valence-electron chi connectivity index (χ4n) is 6.51. The van der Waals surface area contributed by atoms with Gasteiger partial charge in [0.1, 0.15) is 13.2 Å². The number of hydrogen-bond donors (Lipinski definition) is 0. The molecule has 0 spiro atoms. The zero-order valence-corrected chi connectivity index (χ0v) is 44.2. The van der Waals surface area contributed by atoms with Crippen molar-refractivity contribution >= 4 is 17.9 Å². The van der Waals surface area contributed by atoms with E-state index in [1.165, 1.54) is 19.3 Å². The van der Waals surface area contributed by atoms with Crippen molar-refractivity contribution in [2.24, 2.45) is 0 Å². The lowest BCUT2D eigenvalue weighted by Crippen LogP contribution is -2.30. The first-order chi connectivity index (χ1) is 34.5. The minimum atomic E-state index is -0.851. The first kappa shape index (κ1) is 64.8. The van der Waals surface area contributed by atoms with Gasteiger partial charge in [0, 0.05) is 12.8 Å². The molecule has 388 valence electrons. The molecule has 6 nitrogen and oxygen atoms in total. The maximum absolute atomic E-state index is 12.7. The van der Waals surface area contributed by atoms with Gasteiger partial charge in [-0.05, 0) is 116 Å². The minimum Gasteiger partial charge on any atom is -0.462 e. The van der Waals surface area contributed by atoms with Crippen molar-refractivity contribution in [1.82, 2.24) is 0 Å². The molecule has 0 aromatic heterocycles. The van der Waals surface area contributed by atoms with Crippen LogP contribution in [0.15, 0.2) is 170 Å². The molecule has 0 rings (SSSR count). The highest BCUT2D eigenvalue weighted by Gasteiger charge is 2.19. The third kappa shape index (κ3) is 53.7. The summed E-state index contributed by atoms with van der Waals surface area (Å²) in [6.07, 6.45) is 84.0. The summed E-state index contributed by atoms with van der Waals surface area (Å²) < 4.78 is 16.5. The van der Waals surface area contributed by atoms with Crippen LogP contribution in [0.2, 0.25) is 0 Å². The standard InChI is InChI=1S/C64H96O6/c1-4-7-10-13-16-18-20-22-24-25-26-27-28-29-30-31-32-33-34-35-36-37-38-39-41-42-44-46-48-51-54-57-63(66)69-60-61(59-68-62(65)56-53-50-15-12-9-6-3)70-64(67)58-55-52-49-47-45-43-40-23-21-19-17-14-11-8-5-2/h7-8,10-11,16-19,22-24,26-27,29-30,32-33,35-36,38-40,42,44-45,47,52,55,61H,4-6,9,12-15,20-21,25,28,31,34,37,41,43,46,48-51,53-54,56-60H2,1-3H3/b10-7-,11-8-,18-16-,19-17-,24-22-,27-26-,30-29-,33-32-,36-35-,39-38-,40-23-,44-42-,47-45-,55-52-. The predicted octanol–water partition coefficient (Wildman–Crippen LogP) is 18.4. The maximum Gasteiger partial charge on any atom is 0.310 e. The molecule has 0 aliphatic carbocycles. The SMILES string of the molecule is CC/C=C\C/C=C\C/C=C\C/C=C\C/C=C\C/C=C\C/C=C\C/C=C\C/C=C\CCCCCC(=O)OCC(COC(=O)CCCCCCCC)OC(=O)C/C=C\C/C=C\C/C=C\C/C=C\C/C=C\CC. The van der Waals surface area contributed by atoms with Gasteiger partial charge in [0.15, 0.2) is 6.10 Å². The molecule has 0 bridgehead atoms. The van der Waals surface area contributed by atoms with E-state index in [0.29, 0.717) is 19.3 Å². The quantitative estimate of drug-likeness (QED) is 0.0262. The van der Waals surface area contributed by atoms with Crippen molar-refractivity contribution in [2.45, 2.75) is 200 Å². The minimum absolute atomic E-state index is 0.0814. The fourth-order valence-corrected chi connectivity index (χ4v) is 6.51. The van der Waals surface area contributed by atoms with Crippen LogP contribution in [0, 0.1) is 0 Å². The van der Waals surface area contributed by atoms with E-state index >= 15 is 0 Å². The summed E-state index contributed by atoms with van der Waals surface area (Å²) in [5, 5.41) is 0. The van der Waals surface area contributed by atoms with Crippen LogP contribution in [-0.4, -0.2) is 37.2 Å². The average Bonchev–Trinajstić information content (AvgIpc) is 3.36. The first-order valence-electron chi connectivity index (χ1n) is 27.1. The highest BCUT2D eigenvalue weighted by atomic mass is 16.6. The van der Waals surface area contributed by atoms with Gasteiger partial charge < -0.3 is 14.2 Å². The van der Waals surface area contributed by atoms with Gasteiger partial charge in [0.2, 0.25) is 0 Å². The van der Waals surface area contributed by atoms with Gasteiger partial charge in [-0.3, -0.25) is 14.4 Å². The van der Waals surface area contributed by atoms with Crippen LogP contribution < -0.4 is 0 Å². The average molecular weight is 961 g/mol. The number of rotatable bonds is 46. The van der Waals surface area contributed by atoms with E-state index in [-0.39, 0.29) is 31.6 Å². The first-order valence-corrected chi connectivity index (χ1v) is 27.1. The molecule has 0 N–H and O–H groups in total. The Labute approximate surface area is 428 Å². The molecule has 6 heteroatoms. The van der Waals surface area contributed by atoms with Gasteiger partial charge in [0.25, 0.3) is 0 Å². The summed E-state index contributed by atoms with van der Waals surface area (Å²) in [5.74, 6) is -1.13. The zero-order chi connectivity index (χ0) is 50.7. The number of allylic oxidation sites excluding steroid dienone is 27. The van der Waals surface area contributed by atoms with Gasteiger partial charge in [-0.1, -0.05) is 229 Å². The highest BCUT2D eigenvalue weighted by molar-refractivity contribution is 5.72. The van der Waals surface area contributed by atoms with Crippen LogP contribution in [0.25, 0.3) is 0 Å². The molecule has 0 heterocycles. The van der Waals surface area contributed by atoms with E-state index in [9.17, 15) is 14.4 Å². The molecule has 0 aliphatic heterocycles. The predicted molar refractivity (Wildman–Crippen MR) is 301 cm³/mol. The van der Waals surface area contributed by atoms with Crippen molar-refractivity contribution < 1.29 is 28.6 Å². The lowest BCUT2D eigenvalue weighted by atomic mass is 10.1. The molecule has 0 radical (unpaired) electrons. The van der Waals surface area contributed by atoms with Crippen molar-refractivity contribution in [3.8, 4) is 0 Å². The van der Waals surface area contributed by atoms with Crippen molar-refractivity contribution in [2.75, 3.05) is 13.2 Å². The summed E-state index contributed by atoms with van der Waals surface area (Å²) >= 11 is 0. The number of carbonyl (C=O) groups excluding carboxylic acids is 3. The number of carbonyl (C=O) groups is 3. The maximum atomic E-state index is 12.7. The van der Waals surface area contributed by atoms with Gasteiger partial charge >= 0.3 is 17.9 Å². The third-order valence-corrected chi connectivity index (χ3v) is 10.5. The lowest BCUT2D eigenvalue weighted by Gasteiger charge is -2.18. The van der Waals surface area contributed by atoms with Crippen LogP contribution in [0.3, 0.4) is 0 Å². The summed E-state index contributed by atoms with van der Waals surface area (Å²) in [5.41, 5.74) is 0. The van der Waals surface area contributed by atoms with Crippen LogP contribution in [0.4, 0.5) is 0 Å². The topological polar surface area (TPSA) is 78.9 Å². The van der Waals surface area contributed by atoms with E-state index in [1.54, 1.807) is 6.08 Å². The normalized spacial score (nSPS) is 13.5. The molecule has 0 aromatic carbocycles. The molecular formula is C64H96O6. The van der Waals surface area contributed by atoms with Gasteiger partial charge in [-0.2, -0.15) is 0 Å². The molecule has 0 saturated heterocycles. The third-order valence-electron chi connectivity index (χ3n) is 10.5. The molecule has 1 unspecified atom stereocenters. The summed E-state index contributed by atoms with van der Waals surface area (Å²) in [6.45, 7) is 6.20.